The summed E-state index contributed by atoms with van der Waals surface area (Å²) in [4.78, 5) is 57.1. The fourth-order valence-electron chi connectivity index (χ4n) is 5.63. The van der Waals surface area contributed by atoms with Crippen molar-refractivity contribution in [1.29, 1.82) is 5.41 Å². The van der Waals surface area contributed by atoms with Crippen molar-refractivity contribution in [1.82, 2.24) is 14.5 Å². The third-order valence-corrected chi connectivity index (χ3v) is 9.88. The minimum atomic E-state index is -1.47. The molecule has 0 aliphatic carbocycles. The van der Waals surface area contributed by atoms with Crippen LogP contribution in [-0.4, -0.2) is 73.5 Å². The molecule has 6 rings (SSSR count). The number of aromatic nitrogens is 3. The number of oxime groups is 1. The first kappa shape index (κ1) is 34.7. The van der Waals surface area contributed by atoms with Crippen LogP contribution in [0.5, 0.6) is 0 Å². The molecule has 5 heterocycles. The molecule has 2 aliphatic heterocycles. The number of nitrogen functional groups attached to an aromatic ring is 2. The minimum absolute atomic E-state index is 0.0597. The van der Waals surface area contributed by atoms with Gasteiger partial charge in [0.05, 0.1) is 40.4 Å². The van der Waals surface area contributed by atoms with Gasteiger partial charge in [-0.1, -0.05) is 17.3 Å². The van der Waals surface area contributed by atoms with E-state index in [0.29, 0.717) is 22.5 Å². The number of halogens is 1. The third-order valence-electron chi connectivity index (χ3n) is 7.81. The number of thioether (sulfide) groups is 1. The number of thiazole rings is 1. The zero-order valence-electron chi connectivity index (χ0n) is 25.7. The second kappa shape index (κ2) is 14.7. The van der Waals surface area contributed by atoms with Gasteiger partial charge in [0.25, 0.3) is 6.47 Å². The number of nitrogens with one attached hydrogen (secondary N) is 1. The van der Waals surface area contributed by atoms with Crippen molar-refractivity contribution in [2.24, 2.45) is 16.8 Å². The SMILES string of the molecule is CO/N=C(\C(=O)C[C@@H]1C(=O)N2C(C(=O)[O-])=C(C[n+]3ccc4c(ccn4Cc4ccc(C(=N)N)cc4F)c3)CS[C@H]12)c1csc(N)n1.O=CO. The van der Waals surface area contributed by atoms with Crippen molar-refractivity contribution in [3.63, 3.8) is 0 Å². The minimum Gasteiger partial charge on any atom is -0.543 e. The summed E-state index contributed by atoms with van der Waals surface area (Å²) in [5, 5.41) is 32.6. The van der Waals surface area contributed by atoms with Gasteiger partial charge in [0, 0.05) is 46.5 Å². The fraction of sp³-hybridized carbons (Fsp3) is 0.226. The van der Waals surface area contributed by atoms with E-state index in [9.17, 15) is 23.9 Å². The number of carbonyl (C=O) groups excluding carboxylic acids is 3. The predicted molar refractivity (Wildman–Crippen MR) is 176 cm³/mol. The number of ketones is 1. The van der Waals surface area contributed by atoms with Gasteiger partial charge in [-0.05, 0) is 12.1 Å². The van der Waals surface area contributed by atoms with Gasteiger partial charge in [-0.25, -0.2) is 13.9 Å². The molecular weight excluding hydrogens is 680 g/mol. The number of carbonyl (C=O) groups is 4. The lowest BCUT2D eigenvalue weighted by molar-refractivity contribution is -0.687. The molecule has 1 amide bonds. The number of amidine groups is 1. The van der Waals surface area contributed by atoms with E-state index in [1.807, 2.05) is 33.7 Å². The number of amides is 1. The Hall–Kier alpha value is -5.62. The van der Waals surface area contributed by atoms with E-state index in [1.54, 1.807) is 23.7 Å². The second-order valence-electron chi connectivity index (χ2n) is 10.8. The Bertz CT molecular complexity index is 2040. The summed E-state index contributed by atoms with van der Waals surface area (Å²) in [5.41, 5.74) is 13.2. The van der Waals surface area contributed by atoms with Crippen LogP contribution in [0.2, 0.25) is 0 Å². The van der Waals surface area contributed by atoms with E-state index in [-0.39, 0.29) is 54.1 Å². The number of Topliss-reactive ketones (excluding diaryl/α,β-unsaturated/α-hetero) is 1. The van der Waals surface area contributed by atoms with Gasteiger partial charge in [0.15, 0.2) is 35.6 Å². The maximum atomic E-state index is 14.7. The van der Waals surface area contributed by atoms with Crippen molar-refractivity contribution in [3.8, 4) is 0 Å². The monoisotopic (exact) mass is 708 g/mol. The Morgan fingerprint density at radius 3 is 2.71 bits per heavy atom. The molecule has 3 aromatic heterocycles. The summed E-state index contributed by atoms with van der Waals surface area (Å²) in [6.45, 7) is 0.196. The summed E-state index contributed by atoms with van der Waals surface area (Å²) < 4.78 is 18.3. The zero-order chi connectivity index (χ0) is 35.4. The van der Waals surface area contributed by atoms with Crippen LogP contribution < -0.4 is 21.1 Å². The van der Waals surface area contributed by atoms with Crippen molar-refractivity contribution < 1.29 is 43.2 Å². The number of β-lactam (4-membered cyclic amide) rings is 1. The summed E-state index contributed by atoms with van der Waals surface area (Å²) in [7, 11) is 1.29. The maximum absolute atomic E-state index is 14.7. The Balaban J connectivity index is 0.00000151. The predicted octanol–water partition coefficient (Wildman–Crippen LogP) is 0.685. The third kappa shape index (κ3) is 7.14. The molecule has 1 saturated heterocycles. The molecule has 2 atom stereocenters. The highest BCUT2D eigenvalue weighted by atomic mass is 32.2. The second-order valence-corrected chi connectivity index (χ2v) is 12.8. The normalized spacial score (nSPS) is 17.1. The van der Waals surface area contributed by atoms with Gasteiger partial charge in [0.1, 0.15) is 24.5 Å². The Morgan fingerprint density at radius 1 is 1.33 bits per heavy atom. The molecule has 18 heteroatoms. The summed E-state index contributed by atoms with van der Waals surface area (Å²) in [6, 6.07) is 8.16. The van der Waals surface area contributed by atoms with Crippen molar-refractivity contribution in [3.05, 3.63) is 88.2 Å². The topological polar surface area (TPSA) is 234 Å². The smallest absolute Gasteiger partial charge is 0.290 e. The number of benzene rings is 1. The lowest BCUT2D eigenvalue weighted by Crippen LogP contribution is -2.63. The fourth-order valence-corrected chi connectivity index (χ4v) is 7.58. The highest BCUT2D eigenvalue weighted by Crippen LogP contribution is 2.45. The van der Waals surface area contributed by atoms with Gasteiger partial charge in [-0.3, -0.25) is 24.7 Å². The largest absolute Gasteiger partial charge is 0.543 e. The number of anilines is 1. The molecule has 1 aromatic carbocycles. The van der Waals surface area contributed by atoms with E-state index in [4.69, 9.17) is 31.6 Å². The average molecular weight is 709 g/mol. The molecule has 0 bridgehead atoms. The quantitative estimate of drug-likeness (QED) is 0.0422. The number of carboxylic acids is 1. The van der Waals surface area contributed by atoms with E-state index < -0.39 is 34.8 Å². The molecule has 0 saturated carbocycles. The van der Waals surface area contributed by atoms with Gasteiger partial charge < -0.3 is 35.9 Å². The lowest BCUT2D eigenvalue weighted by Gasteiger charge is -2.50. The Morgan fingerprint density at radius 2 is 2.08 bits per heavy atom. The molecule has 15 nitrogen and oxygen atoms in total. The summed E-state index contributed by atoms with van der Waals surface area (Å²) >= 11 is 2.51. The van der Waals surface area contributed by atoms with E-state index in [0.717, 1.165) is 22.2 Å². The standard InChI is InChI=1S/C30H27FN8O5S2.CH2O2/c1-44-36-24(21-14-46-30(34)35-21)23(40)9-19-27(41)39-25(29(42)43)18(13-45-28(19)39)11-37-6-5-22-17(10-37)4-7-38(22)12-16-3-2-15(26(32)33)8-20(16)31;2-1-3/h2-8,10,14,19,28H,9,11-13H2,1H3,(H5-,32,33,34,35,42,43);1H,(H,2,3)/b36-24-;/t19-,28-;/m1./s1. The highest BCUT2D eigenvalue weighted by molar-refractivity contribution is 8.00. The number of fused-ring (bicyclic) bond motifs is 2. The zero-order valence-corrected chi connectivity index (χ0v) is 27.4. The first-order chi connectivity index (χ1) is 23.5. The number of hydrogen-bond acceptors (Lipinski definition) is 12. The summed E-state index contributed by atoms with van der Waals surface area (Å²) in [5.74, 6) is -3.54. The van der Waals surface area contributed by atoms with Crippen molar-refractivity contribution in [2.75, 3.05) is 18.6 Å². The number of nitrogens with two attached hydrogens (primary N) is 2. The van der Waals surface area contributed by atoms with Crippen molar-refractivity contribution in [2.45, 2.75) is 24.9 Å². The number of aliphatic carboxylic acids is 1. The lowest BCUT2D eigenvalue weighted by atomic mass is 9.89. The van der Waals surface area contributed by atoms with Crippen molar-refractivity contribution >= 4 is 74.8 Å². The molecule has 6 N–H and O–H groups in total. The first-order valence-corrected chi connectivity index (χ1v) is 16.3. The maximum Gasteiger partial charge on any atom is 0.290 e. The van der Waals surface area contributed by atoms with E-state index >= 15 is 0 Å². The molecule has 4 aromatic rings. The van der Waals surface area contributed by atoms with Gasteiger partial charge in [-0.2, -0.15) is 0 Å². The Kier molecular flexibility index (Phi) is 10.4. The van der Waals surface area contributed by atoms with Crippen LogP contribution in [0.25, 0.3) is 10.9 Å². The molecule has 2 aliphatic rings. The molecule has 0 unspecified atom stereocenters. The molecular formula is C31H29FN8O7S2. The van der Waals surface area contributed by atoms with Gasteiger partial charge in [-0.15, -0.1) is 23.1 Å². The van der Waals surface area contributed by atoms with Crippen LogP contribution in [0.15, 0.2) is 70.7 Å². The number of nitrogens with zero attached hydrogens (tertiary/aromatic N) is 5. The van der Waals surface area contributed by atoms with Crippen LogP contribution in [0.3, 0.4) is 0 Å². The molecule has 0 radical (unpaired) electrons. The van der Waals surface area contributed by atoms with Crippen LogP contribution in [0.4, 0.5) is 9.52 Å². The van der Waals surface area contributed by atoms with Gasteiger partial charge in [0.2, 0.25) is 5.91 Å². The molecule has 0 spiro atoms. The van der Waals surface area contributed by atoms with E-state index in [2.05, 4.69) is 10.1 Å². The average Bonchev–Trinajstić information content (AvgIpc) is 3.68. The number of rotatable bonds is 11. The highest BCUT2D eigenvalue weighted by Gasteiger charge is 2.53. The van der Waals surface area contributed by atoms with Crippen LogP contribution >= 0.6 is 23.1 Å². The van der Waals surface area contributed by atoms with Crippen LogP contribution in [-0.2, 0) is 37.1 Å². The van der Waals surface area contributed by atoms with Crippen LogP contribution in [0, 0.1) is 17.1 Å². The summed E-state index contributed by atoms with van der Waals surface area (Å²) in [6.07, 6.45) is 5.26. The number of carboxylic acid groups (broad SMARTS) is 2. The number of hydrogen-bond donors (Lipinski definition) is 4. The van der Waals surface area contributed by atoms with Gasteiger partial charge >= 0.3 is 0 Å². The molecule has 254 valence electrons. The first-order valence-electron chi connectivity index (χ1n) is 14.4. The molecule has 49 heavy (non-hydrogen) atoms. The van der Waals surface area contributed by atoms with E-state index in [1.165, 1.54) is 29.8 Å². The Labute approximate surface area is 285 Å². The molecule has 1 fully saturated rings. The van der Waals surface area contributed by atoms with Crippen LogP contribution in [0.1, 0.15) is 23.2 Å². The number of pyridine rings is 1.